The quantitative estimate of drug-likeness (QED) is 0.228. The Labute approximate surface area is 243 Å². The number of piperidine rings is 1. The highest BCUT2D eigenvalue weighted by Gasteiger charge is 2.30. The molecule has 1 unspecified atom stereocenters. The van der Waals surface area contributed by atoms with Crippen molar-refractivity contribution in [1.29, 1.82) is 0 Å². The maximum absolute atomic E-state index is 12.8. The molecule has 2 N–H and O–H groups in total. The van der Waals surface area contributed by atoms with Crippen LogP contribution in [0.4, 0.5) is 18.9 Å². The lowest BCUT2D eigenvalue weighted by atomic mass is 9.90. The second-order valence-electron chi connectivity index (χ2n) is 11.1. The maximum atomic E-state index is 12.8. The molecular weight excluding hydrogens is 547 g/mol. The number of anilines is 1. The molecule has 11 heteroatoms. The number of Topliss-reactive ketones (excluding diaryl/α,β-unsaturated/α-hetero) is 1. The van der Waals surface area contributed by atoms with Crippen LogP contribution in [0.25, 0.3) is 11.0 Å². The molecule has 3 aromatic rings. The van der Waals surface area contributed by atoms with Crippen LogP contribution in [0.5, 0.6) is 0 Å². The number of H-pyrrole nitrogens is 1. The molecule has 1 aromatic heterocycles. The second-order valence-corrected chi connectivity index (χ2v) is 11.1. The fourth-order valence-electron chi connectivity index (χ4n) is 5.46. The molecule has 1 fully saturated rings. The van der Waals surface area contributed by atoms with E-state index in [1.807, 2.05) is 11.8 Å². The molecule has 2 aromatic carbocycles. The number of rotatable bonds is 13. The average Bonchev–Trinajstić information content (AvgIpc) is 3.45. The van der Waals surface area contributed by atoms with E-state index >= 15 is 0 Å². The molecule has 2 amide bonds. The van der Waals surface area contributed by atoms with E-state index in [9.17, 15) is 27.6 Å². The summed E-state index contributed by atoms with van der Waals surface area (Å²) in [6.45, 7) is 3.28. The first-order valence-electron chi connectivity index (χ1n) is 14.7. The molecule has 4 rings (SSSR count). The number of likely N-dealkylation sites (tertiary alicyclic amines) is 1. The van der Waals surface area contributed by atoms with Crippen LogP contribution in [0.1, 0.15) is 75.8 Å². The molecule has 1 saturated heterocycles. The van der Waals surface area contributed by atoms with Gasteiger partial charge in [0.1, 0.15) is 16.8 Å². The summed E-state index contributed by atoms with van der Waals surface area (Å²) in [6, 6.07) is 10.3. The molecule has 226 valence electrons. The van der Waals surface area contributed by atoms with Gasteiger partial charge in [0.25, 0.3) is 0 Å². The van der Waals surface area contributed by atoms with E-state index in [0.717, 1.165) is 49.8 Å². The molecule has 8 nitrogen and oxygen atoms in total. The Morgan fingerprint density at radius 2 is 1.71 bits per heavy atom. The number of unbranched alkanes of at least 4 members (excludes halogenated alkanes) is 1. The van der Waals surface area contributed by atoms with Gasteiger partial charge in [0.15, 0.2) is 0 Å². The van der Waals surface area contributed by atoms with Crippen molar-refractivity contribution in [1.82, 2.24) is 20.3 Å². The van der Waals surface area contributed by atoms with E-state index < -0.39 is 11.7 Å². The van der Waals surface area contributed by atoms with E-state index in [2.05, 4.69) is 20.7 Å². The summed E-state index contributed by atoms with van der Waals surface area (Å²) >= 11 is 0. The summed E-state index contributed by atoms with van der Waals surface area (Å²) in [5.41, 5.74) is 2.03. The van der Waals surface area contributed by atoms with Gasteiger partial charge in [-0.1, -0.05) is 31.9 Å². The Hall–Kier alpha value is -3.76. The van der Waals surface area contributed by atoms with Crippen LogP contribution in [0.3, 0.4) is 0 Å². The molecule has 1 aliphatic rings. The van der Waals surface area contributed by atoms with E-state index in [1.165, 1.54) is 12.1 Å². The summed E-state index contributed by atoms with van der Waals surface area (Å²) in [5.74, 6) is 0.0841. The minimum atomic E-state index is -4.36. The lowest BCUT2D eigenvalue weighted by molar-refractivity contribution is -0.137. The highest BCUT2D eigenvalue weighted by Crippen LogP contribution is 2.29. The Kier molecular flexibility index (Phi) is 10.7. The Balaban J connectivity index is 1.09. The number of halogens is 3. The molecular formula is C31H38F3N5O3. The highest BCUT2D eigenvalue weighted by molar-refractivity contribution is 5.96. The number of amides is 2. The van der Waals surface area contributed by atoms with Crippen LogP contribution in [0, 0.1) is 11.8 Å². The number of carbonyl (C=O) groups is 3. The van der Waals surface area contributed by atoms with E-state index in [4.69, 9.17) is 0 Å². The average molecular weight is 586 g/mol. The molecule has 1 aliphatic heterocycles. The van der Waals surface area contributed by atoms with Crippen molar-refractivity contribution >= 4 is 34.3 Å². The minimum Gasteiger partial charge on any atom is -0.343 e. The number of nitrogens with one attached hydrogen (secondary N) is 2. The van der Waals surface area contributed by atoms with Crippen molar-refractivity contribution in [2.75, 3.05) is 18.4 Å². The molecule has 0 radical (unpaired) electrons. The van der Waals surface area contributed by atoms with Crippen LogP contribution in [0.15, 0.2) is 42.5 Å². The molecule has 0 bridgehead atoms. The van der Waals surface area contributed by atoms with Gasteiger partial charge in [-0.3, -0.25) is 14.4 Å². The number of ketones is 1. The first-order chi connectivity index (χ1) is 20.1. The number of hydrogen-bond acceptors (Lipinski definition) is 5. The summed E-state index contributed by atoms with van der Waals surface area (Å²) < 4.78 is 38.2. The number of benzene rings is 2. The van der Waals surface area contributed by atoms with Crippen molar-refractivity contribution in [3.63, 3.8) is 0 Å². The zero-order valence-electron chi connectivity index (χ0n) is 23.9. The van der Waals surface area contributed by atoms with Gasteiger partial charge < -0.3 is 10.2 Å². The molecule has 42 heavy (non-hydrogen) atoms. The van der Waals surface area contributed by atoms with Crippen LogP contribution >= 0.6 is 0 Å². The number of aromatic nitrogens is 3. The predicted molar refractivity (Wildman–Crippen MR) is 153 cm³/mol. The molecule has 0 aliphatic carbocycles. The maximum Gasteiger partial charge on any atom is 0.416 e. The van der Waals surface area contributed by atoms with Gasteiger partial charge in [0.2, 0.25) is 11.8 Å². The van der Waals surface area contributed by atoms with Crippen molar-refractivity contribution in [2.45, 2.75) is 77.3 Å². The monoisotopic (exact) mass is 585 g/mol. The van der Waals surface area contributed by atoms with Gasteiger partial charge in [-0.25, -0.2) is 0 Å². The normalized spacial score (nSPS) is 15.1. The second kappa shape index (κ2) is 14.4. The Morgan fingerprint density at radius 3 is 2.40 bits per heavy atom. The highest BCUT2D eigenvalue weighted by atomic mass is 19.4. The van der Waals surface area contributed by atoms with Crippen LogP contribution in [-0.4, -0.2) is 51.0 Å². The van der Waals surface area contributed by atoms with Gasteiger partial charge in [0, 0.05) is 44.0 Å². The standard InChI is InChI=1S/C31H38F3N5O3/c1-2-23(30(42)35-25-12-13-27-28(20-25)37-38-36-27)19-26(40)6-4-3-5-21-15-17-39(18-16-21)29(41)14-9-22-7-10-24(11-8-22)31(32,33)34/h7-8,10-13,20-21,23H,2-6,9,14-19H2,1H3,(H,35,42)(H,36,37,38). The number of alkyl halides is 3. The van der Waals surface area contributed by atoms with Gasteiger partial charge in [0.05, 0.1) is 5.56 Å². The SMILES string of the molecule is CCC(CC(=O)CCCCC1CCN(C(=O)CCc2ccc(C(F)(F)F)cc2)CC1)C(=O)Nc1ccc2n[nH]nc2c1. The smallest absolute Gasteiger partial charge is 0.343 e. The van der Waals surface area contributed by atoms with Crippen LogP contribution < -0.4 is 5.32 Å². The van der Waals surface area contributed by atoms with Gasteiger partial charge in [-0.2, -0.15) is 28.6 Å². The summed E-state index contributed by atoms with van der Waals surface area (Å²) in [4.78, 5) is 39.8. The van der Waals surface area contributed by atoms with Gasteiger partial charge in [-0.05, 0) is 73.9 Å². The third kappa shape index (κ3) is 8.87. The van der Waals surface area contributed by atoms with Crippen LogP contribution in [-0.2, 0) is 27.0 Å². The molecule has 1 atom stereocenters. The third-order valence-corrected chi connectivity index (χ3v) is 8.12. The first kappa shape index (κ1) is 31.2. The van der Waals surface area contributed by atoms with Gasteiger partial charge in [-0.15, -0.1) is 0 Å². The fourth-order valence-corrected chi connectivity index (χ4v) is 5.46. The van der Waals surface area contributed by atoms with Crippen molar-refractivity contribution in [3.8, 4) is 0 Å². The van der Waals surface area contributed by atoms with E-state index in [-0.39, 0.29) is 36.4 Å². The van der Waals surface area contributed by atoms with E-state index in [1.54, 1.807) is 18.2 Å². The predicted octanol–water partition coefficient (Wildman–Crippen LogP) is 6.33. The fraction of sp³-hybridized carbons (Fsp3) is 0.516. The summed E-state index contributed by atoms with van der Waals surface area (Å²) in [5, 5.41) is 13.5. The molecule has 0 spiro atoms. The molecule has 0 saturated carbocycles. The lowest BCUT2D eigenvalue weighted by Gasteiger charge is -2.32. The van der Waals surface area contributed by atoms with Crippen LogP contribution in [0.2, 0.25) is 0 Å². The van der Waals surface area contributed by atoms with E-state index in [0.29, 0.717) is 55.0 Å². The third-order valence-electron chi connectivity index (χ3n) is 8.12. The number of carbonyl (C=O) groups excluding carboxylic acids is 3. The molecule has 2 heterocycles. The number of aryl methyl sites for hydroxylation is 1. The zero-order chi connectivity index (χ0) is 30.1. The number of nitrogens with zero attached hydrogens (tertiary/aromatic N) is 3. The number of fused-ring (bicyclic) bond motifs is 1. The zero-order valence-corrected chi connectivity index (χ0v) is 23.9. The van der Waals surface area contributed by atoms with Gasteiger partial charge >= 0.3 is 6.18 Å². The summed E-state index contributed by atoms with van der Waals surface area (Å²) in [7, 11) is 0. The Bertz CT molecular complexity index is 1350. The topological polar surface area (TPSA) is 108 Å². The van der Waals surface area contributed by atoms with Crippen molar-refractivity contribution in [3.05, 3.63) is 53.6 Å². The number of aromatic amines is 1. The van der Waals surface area contributed by atoms with Crippen molar-refractivity contribution < 1.29 is 27.6 Å². The minimum absolute atomic E-state index is 0.0344. The lowest BCUT2D eigenvalue weighted by Crippen LogP contribution is -2.38. The number of hydrogen-bond donors (Lipinski definition) is 2. The first-order valence-corrected chi connectivity index (χ1v) is 14.7. The Morgan fingerprint density at radius 1 is 1.00 bits per heavy atom. The summed E-state index contributed by atoms with van der Waals surface area (Å²) in [6.07, 6.45) is 2.14. The van der Waals surface area contributed by atoms with Crippen molar-refractivity contribution in [2.24, 2.45) is 11.8 Å². The largest absolute Gasteiger partial charge is 0.416 e.